The van der Waals surface area contributed by atoms with E-state index in [0.29, 0.717) is 17.7 Å². The standard InChI is InChI=1S/C25H26F3N3O2S/c1-16-5-4-6-20(13-16)23-21(11-12-22(31-23)25(26,27)28)15-29-24(32)17(2)19-9-7-18(8-10-19)14-30-34(3)33/h4-13,17,30H,14-15H2,1-3H3,(H,29,32). The van der Waals surface area contributed by atoms with Crippen molar-refractivity contribution < 1.29 is 22.2 Å². The molecule has 1 heterocycles. The Morgan fingerprint density at radius 3 is 2.38 bits per heavy atom. The van der Waals surface area contributed by atoms with E-state index in [1.165, 1.54) is 6.07 Å². The lowest BCUT2D eigenvalue weighted by molar-refractivity contribution is -0.141. The molecule has 1 amide bonds. The minimum atomic E-state index is -4.57. The van der Waals surface area contributed by atoms with Crippen LogP contribution in [0.4, 0.5) is 13.2 Å². The third-order valence-electron chi connectivity index (χ3n) is 5.37. The highest BCUT2D eigenvalue weighted by Crippen LogP contribution is 2.31. The fourth-order valence-corrected chi connectivity index (χ4v) is 3.80. The summed E-state index contributed by atoms with van der Waals surface area (Å²) in [6.07, 6.45) is -3.01. The molecule has 2 aromatic carbocycles. The number of halogens is 3. The van der Waals surface area contributed by atoms with Gasteiger partial charge in [0.25, 0.3) is 0 Å². The maximum absolute atomic E-state index is 13.3. The van der Waals surface area contributed by atoms with Gasteiger partial charge in [0.2, 0.25) is 5.91 Å². The van der Waals surface area contributed by atoms with E-state index in [2.05, 4.69) is 15.0 Å². The van der Waals surface area contributed by atoms with Gasteiger partial charge in [-0.3, -0.25) is 4.79 Å². The number of alkyl halides is 3. The summed E-state index contributed by atoms with van der Waals surface area (Å²) in [6.45, 7) is 4.11. The molecule has 0 saturated carbocycles. The van der Waals surface area contributed by atoms with Gasteiger partial charge in [-0.1, -0.05) is 54.1 Å². The Morgan fingerprint density at radius 2 is 1.76 bits per heavy atom. The highest BCUT2D eigenvalue weighted by molar-refractivity contribution is 7.82. The summed E-state index contributed by atoms with van der Waals surface area (Å²) in [7, 11) is -1.11. The van der Waals surface area contributed by atoms with Crippen molar-refractivity contribution in [3.05, 3.63) is 88.6 Å². The largest absolute Gasteiger partial charge is 0.433 e. The smallest absolute Gasteiger partial charge is 0.351 e. The summed E-state index contributed by atoms with van der Waals surface area (Å²) in [4.78, 5) is 16.7. The predicted octanol–water partition coefficient (Wildman–Crippen LogP) is 4.88. The lowest BCUT2D eigenvalue weighted by Crippen LogP contribution is -2.28. The molecule has 1 aromatic heterocycles. The third-order valence-corrected chi connectivity index (χ3v) is 5.92. The number of carbonyl (C=O) groups excluding carboxylic acids is 1. The molecular weight excluding hydrogens is 463 g/mol. The van der Waals surface area contributed by atoms with E-state index in [1.807, 2.05) is 37.3 Å². The van der Waals surface area contributed by atoms with Crippen molar-refractivity contribution in [3.63, 3.8) is 0 Å². The molecule has 0 aliphatic carbocycles. The second-order valence-corrected chi connectivity index (χ2v) is 9.22. The quantitative estimate of drug-likeness (QED) is 0.474. The zero-order chi connectivity index (χ0) is 24.9. The number of carbonyl (C=O) groups is 1. The van der Waals surface area contributed by atoms with Crippen LogP contribution >= 0.6 is 0 Å². The average molecular weight is 490 g/mol. The number of hydrogen-bond acceptors (Lipinski definition) is 3. The topological polar surface area (TPSA) is 71.1 Å². The molecule has 0 saturated heterocycles. The predicted molar refractivity (Wildman–Crippen MR) is 127 cm³/mol. The van der Waals surface area contributed by atoms with E-state index in [0.717, 1.165) is 22.8 Å². The molecular formula is C25H26F3N3O2S. The first-order valence-corrected chi connectivity index (χ1v) is 12.2. The number of benzene rings is 2. The highest BCUT2D eigenvalue weighted by atomic mass is 32.2. The van der Waals surface area contributed by atoms with E-state index in [1.54, 1.807) is 31.4 Å². The van der Waals surface area contributed by atoms with Gasteiger partial charge in [-0.05, 0) is 42.7 Å². The molecule has 9 heteroatoms. The van der Waals surface area contributed by atoms with Crippen LogP contribution in [-0.4, -0.2) is 21.4 Å². The van der Waals surface area contributed by atoms with Crippen LogP contribution in [-0.2, 0) is 35.0 Å². The Hall–Kier alpha value is -3.04. The van der Waals surface area contributed by atoms with E-state index < -0.39 is 28.8 Å². The van der Waals surface area contributed by atoms with Crippen molar-refractivity contribution in [1.82, 2.24) is 15.0 Å². The molecule has 3 aromatic rings. The monoisotopic (exact) mass is 489 g/mol. The molecule has 0 spiro atoms. The summed E-state index contributed by atoms with van der Waals surface area (Å²) in [5, 5.41) is 2.82. The lowest BCUT2D eigenvalue weighted by Gasteiger charge is -2.16. The van der Waals surface area contributed by atoms with Crippen molar-refractivity contribution in [2.24, 2.45) is 0 Å². The van der Waals surface area contributed by atoms with Crippen LogP contribution in [0.25, 0.3) is 11.3 Å². The molecule has 2 N–H and O–H groups in total. The van der Waals surface area contributed by atoms with Gasteiger partial charge < -0.3 is 5.32 Å². The first-order valence-electron chi connectivity index (χ1n) is 10.6. The SMILES string of the molecule is Cc1cccc(-c2nc(C(F)(F)F)ccc2CNC(=O)C(C)c2ccc(CNS(C)=O)cc2)c1. The zero-order valence-electron chi connectivity index (χ0n) is 19.1. The molecule has 3 rings (SSSR count). The Bertz CT molecular complexity index is 1180. The van der Waals surface area contributed by atoms with Crippen LogP contribution in [0, 0.1) is 6.92 Å². The molecule has 5 nitrogen and oxygen atoms in total. The van der Waals surface area contributed by atoms with Gasteiger partial charge in [-0.2, -0.15) is 13.2 Å². The number of amides is 1. The maximum atomic E-state index is 13.3. The molecule has 0 bridgehead atoms. The molecule has 180 valence electrons. The third kappa shape index (κ3) is 6.74. The fourth-order valence-electron chi connectivity index (χ4n) is 3.43. The van der Waals surface area contributed by atoms with Crippen LogP contribution in [0.5, 0.6) is 0 Å². The van der Waals surface area contributed by atoms with Crippen LogP contribution in [0.1, 0.15) is 40.8 Å². The van der Waals surface area contributed by atoms with Gasteiger partial charge in [0.05, 0.1) is 22.6 Å². The van der Waals surface area contributed by atoms with E-state index in [-0.39, 0.29) is 18.1 Å². The summed E-state index contributed by atoms with van der Waals surface area (Å²) >= 11 is 0. The molecule has 2 atom stereocenters. The summed E-state index contributed by atoms with van der Waals surface area (Å²) in [6, 6.07) is 16.7. The first kappa shape index (κ1) is 25.6. The van der Waals surface area contributed by atoms with Crippen molar-refractivity contribution in [3.8, 4) is 11.3 Å². The summed E-state index contributed by atoms with van der Waals surface area (Å²) in [5.74, 6) is -0.720. The van der Waals surface area contributed by atoms with Gasteiger partial charge in [-0.15, -0.1) is 0 Å². The van der Waals surface area contributed by atoms with Gasteiger partial charge in [0.15, 0.2) is 0 Å². The number of rotatable bonds is 8. The Balaban J connectivity index is 1.76. The summed E-state index contributed by atoms with van der Waals surface area (Å²) < 4.78 is 53.8. The number of aryl methyl sites for hydroxylation is 1. The lowest BCUT2D eigenvalue weighted by atomic mass is 9.98. The normalized spacial score (nSPS) is 13.4. The summed E-state index contributed by atoms with van der Waals surface area (Å²) in [5.41, 5.74) is 2.89. The minimum Gasteiger partial charge on any atom is -0.351 e. The van der Waals surface area contributed by atoms with Gasteiger partial charge in [0, 0.05) is 24.9 Å². The minimum absolute atomic E-state index is 0.0436. The zero-order valence-corrected chi connectivity index (χ0v) is 19.9. The van der Waals surface area contributed by atoms with Crippen LogP contribution in [0.15, 0.2) is 60.7 Å². The Morgan fingerprint density at radius 1 is 1.06 bits per heavy atom. The van der Waals surface area contributed by atoms with E-state index in [4.69, 9.17) is 0 Å². The molecule has 0 aliphatic rings. The number of pyridine rings is 1. The van der Waals surface area contributed by atoms with Crippen molar-refractivity contribution in [2.45, 2.75) is 39.0 Å². The molecule has 0 radical (unpaired) electrons. The number of aromatic nitrogens is 1. The first-order chi connectivity index (χ1) is 16.0. The maximum Gasteiger partial charge on any atom is 0.433 e. The van der Waals surface area contributed by atoms with Crippen LogP contribution in [0.3, 0.4) is 0 Å². The highest BCUT2D eigenvalue weighted by Gasteiger charge is 2.33. The van der Waals surface area contributed by atoms with Crippen LogP contribution < -0.4 is 10.0 Å². The molecule has 0 aliphatic heterocycles. The molecule has 2 unspecified atom stereocenters. The van der Waals surface area contributed by atoms with Gasteiger partial charge in [0.1, 0.15) is 5.69 Å². The Labute approximate surface area is 199 Å². The van der Waals surface area contributed by atoms with E-state index >= 15 is 0 Å². The Kier molecular flexibility index (Phi) is 8.22. The number of nitrogens with zero attached hydrogens (tertiary/aromatic N) is 1. The van der Waals surface area contributed by atoms with Crippen molar-refractivity contribution in [1.29, 1.82) is 0 Å². The average Bonchev–Trinajstić information content (AvgIpc) is 2.80. The van der Waals surface area contributed by atoms with Crippen LogP contribution in [0.2, 0.25) is 0 Å². The van der Waals surface area contributed by atoms with Crippen molar-refractivity contribution in [2.75, 3.05) is 6.26 Å². The second kappa shape index (κ2) is 10.9. The number of nitrogens with one attached hydrogen (secondary N) is 2. The number of hydrogen-bond donors (Lipinski definition) is 2. The second-order valence-electron chi connectivity index (χ2n) is 8.03. The fraction of sp³-hybridized carbons (Fsp3) is 0.280. The van der Waals surface area contributed by atoms with Gasteiger partial charge in [-0.25, -0.2) is 13.9 Å². The molecule has 34 heavy (non-hydrogen) atoms. The van der Waals surface area contributed by atoms with Gasteiger partial charge >= 0.3 is 6.18 Å². The van der Waals surface area contributed by atoms with E-state index in [9.17, 15) is 22.2 Å². The van der Waals surface area contributed by atoms with Crippen molar-refractivity contribution >= 4 is 16.9 Å². The molecule has 0 fully saturated rings.